The van der Waals surface area contributed by atoms with E-state index in [1.807, 2.05) is 30.3 Å². The summed E-state index contributed by atoms with van der Waals surface area (Å²) >= 11 is 0. The third-order valence-corrected chi connectivity index (χ3v) is 3.24. The van der Waals surface area contributed by atoms with Gasteiger partial charge in [-0.3, -0.25) is 0 Å². The van der Waals surface area contributed by atoms with Crippen LogP contribution in [-0.4, -0.2) is 39.9 Å². The molecule has 2 N–H and O–H groups in total. The summed E-state index contributed by atoms with van der Waals surface area (Å²) in [7, 11) is 0. The van der Waals surface area contributed by atoms with Crippen LogP contribution in [0.15, 0.2) is 30.3 Å². The zero-order valence-corrected chi connectivity index (χ0v) is 9.62. The van der Waals surface area contributed by atoms with Crippen LogP contribution < -0.4 is 0 Å². The average molecular weight is 235 g/mol. The van der Waals surface area contributed by atoms with E-state index in [2.05, 4.69) is 0 Å². The molecule has 4 nitrogen and oxygen atoms in total. The minimum absolute atomic E-state index is 0.0155. The maximum Gasteiger partial charge on any atom is 0.407 e. The minimum Gasteiger partial charge on any atom is -0.465 e. The van der Waals surface area contributed by atoms with E-state index in [-0.39, 0.29) is 12.6 Å². The van der Waals surface area contributed by atoms with Gasteiger partial charge in [-0.15, -0.1) is 0 Å². The van der Waals surface area contributed by atoms with Crippen LogP contribution in [0, 0.1) is 0 Å². The van der Waals surface area contributed by atoms with Crippen LogP contribution in [0.5, 0.6) is 0 Å². The van der Waals surface area contributed by atoms with E-state index in [1.165, 1.54) is 4.90 Å². The van der Waals surface area contributed by atoms with Crippen LogP contribution in [-0.2, 0) is 6.42 Å². The SMILES string of the molecule is O=C(O)N1C[C@H](O)CC[C@@H]1Cc1ccccc1. The van der Waals surface area contributed by atoms with Crippen LogP contribution in [0.1, 0.15) is 18.4 Å². The summed E-state index contributed by atoms with van der Waals surface area (Å²) in [6.07, 6.45) is 0.673. The second kappa shape index (κ2) is 5.19. The molecule has 1 amide bonds. The van der Waals surface area contributed by atoms with Gasteiger partial charge < -0.3 is 15.1 Å². The molecule has 0 saturated carbocycles. The van der Waals surface area contributed by atoms with Crippen molar-refractivity contribution in [3.05, 3.63) is 35.9 Å². The summed E-state index contributed by atoms with van der Waals surface area (Å²) in [6.45, 7) is 0.229. The molecule has 0 bridgehead atoms. The lowest BCUT2D eigenvalue weighted by molar-refractivity contribution is 0.0372. The number of benzene rings is 1. The molecule has 1 saturated heterocycles. The first-order valence-electron chi connectivity index (χ1n) is 5.88. The zero-order chi connectivity index (χ0) is 12.3. The fraction of sp³-hybridized carbons (Fsp3) is 0.462. The topological polar surface area (TPSA) is 60.8 Å². The molecule has 1 aliphatic rings. The van der Waals surface area contributed by atoms with E-state index in [0.717, 1.165) is 18.4 Å². The summed E-state index contributed by atoms with van der Waals surface area (Å²) < 4.78 is 0. The van der Waals surface area contributed by atoms with Crippen molar-refractivity contribution >= 4 is 6.09 Å². The van der Waals surface area contributed by atoms with E-state index < -0.39 is 12.2 Å². The Balaban J connectivity index is 2.06. The quantitative estimate of drug-likeness (QED) is 0.820. The first-order valence-corrected chi connectivity index (χ1v) is 5.88. The standard InChI is InChI=1S/C13H17NO3/c15-12-7-6-11(14(9-12)13(16)17)8-10-4-2-1-3-5-10/h1-5,11-12,15H,6-9H2,(H,16,17)/t11-,12-/m1/s1. The summed E-state index contributed by atoms with van der Waals surface area (Å²) in [4.78, 5) is 12.5. The highest BCUT2D eigenvalue weighted by atomic mass is 16.4. The first-order chi connectivity index (χ1) is 8.16. The zero-order valence-electron chi connectivity index (χ0n) is 9.62. The van der Waals surface area contributed by atoms with Crippen LogP contribution in [0.25, 0.3) is 0 Å². The van der Waals surface area contributed by atoms with Gasteiger partial charge in [0, 0.05) is 6.04 Å². The second-order valence-electron chi connectivity index (χ2n) is 4.51. The second-order valence-corrected chi connectivity index (χ2v) is 4.51. The van der Waals surface area contributed by atoms with E-state index in [9.17, 15) is 9.90 Å². The molecule has 2 rings (SSSR count). The smallest absolute Gasteiger partial charge is 0.407 e. The minimum atomic E-state index is -0.940. The van der Waals surface area contributed by atoms with Crippen molar-refractivity contribution in [3.8, 4) is 0 Å². The number of carboxylic acid groups (broad SMARTS) is 1. The average Bonchev–Trinajstić information content (AvgIpc) is 2.32. The lowest BCUT2D eigenvalue weighted by Crippen LogP contribution is -2.49. The fourth-order valence-electron chi connectivity index (χ4n) is 2.34. The molecule has 0 spiro atoms. The Bertz CT molecular complexity index is 380. The van der Waals surface area contributed by atoms with Gasteiger partial charge in [0.15, 0.2) is 0 Å². The van der Waals surface area contributed by atoms with Crippen molar-refractivity contribution in [3.63, 3.8) is 0 Å². The molecular formula is C13H17NO3. The predicted molar refractivity (Wildman–Crippen MR) is 63.9 cm³/mol. The van der Waals surface area contributed by atoms with Gasteiger partial charge >= 0.3 is 6.09 Å². The van der Waals surface area contributed by atoms with E-state index >= 15 is 0 Å². The lowest BCUT2D eigenvalue weighted by Gasteiger charge is -2.36. The fourth-order valence-corrected chi connectivity index (χ4v) is 2.34. The van der Waals surface area contributed by atoms with Gasteiger partial charge in [0.1, 0.15) is 0 Å². The molecular weight excluding hydrogens is 218 g/mol. The van der Waals surface area contributed by atoms with E-state index in [4.69, 9.17) is 5.11 Å². The number of rotatable bonds is 2. The van der Waals surface area contributed by atoms with Gasteiger partial charge in [0.05, 0.1) is 12.6 Å². The molecule has 2 atom stereocenters. The summed E-state index contributed by atoms with van der Waals surface area (Å²) in [5.41, 5.74) is 1.14. The van der Waals surface area contributed by atoms with Gasteiger partial charge in [0.2, 0.25) is 0 Å². The van der Waals surface area contributed by atoms with Crippen molar-refractivity contribution in [2.24, 2.45) is 0 Å². The maximum atomic E-state index is 11.1. The van der Waals surface area contributed by atoms with Crippen molar-refractivity contribution in [2.75, 3.05) is 6.54 Å². The molecule has 1 aromatic rings. The third-order valence-electron chi connectivity index (χ3n) is 3.24. The number of hydrogen-bond acceptors (Lipinski definition) is 2. The van der Waals surface area contributed by atoms with E-state index in [1.54, 1.807) is 0 Å². The number of nitrogens with zero attached hydrogens (tertiary/aromatic N) is 1. The molecule has 92 valence electrons. The highest BCUT2D eigenvalue weighted by molar-refractivity contribution is 5.65. The molecule has 0 aromatic heterocycles. The molecule has 0 aliphatic carbocycles. The van der Waals surface area contributed by atoms with Crippen LogP contribution >= 0.6 is 0 Å². The number of likely N-dealkylation sites (tertiary alicyclic amines) is 1. The molecule has 0 radical (unpaired) electrons. The third kappa shape index (κ3) is 2.97. The number of β-amino-alcohol motifs (C(OH)–C–C–N with tert-alkyl or cyclic N) is 1. The summed E-state index contributed by atoms with van der Waals surface area (Å²) in [5, 5.41) is 18.6. The van der Waals surface area contributed by atoms with Crippen molar-refractivity contribution in [1.82, 2.24) is 4.90 Å². The number of aliphatic hydroxyl groups excluding tert-OH is 1. The summed E-state index contributed by atoms with van der Waals surface area (Å²) in [6, 6.07) is 9.86. The van der Waals surface area contributed by atoms with Gasteiger partial charge in [-0.2, -0.15) is 0 Å². The molecule has 0 unspecified atom stereocenters. The molecule has 1 fully saturated rings. The predicted octanol–water partition coefficient (Wildman–Crippen LogP) is 1.73. The molecule has 1 aromatic carbocycles. The van der Waals surface area contributed by atoms with Crippen LogP contribution in [0.4, 0.5) is 4.79 Å². The molecule has 4 heteroatoms. The first kappa shape index (κ1) is 11.9. The summed E-state index contributed by atoms with van der Waals surface area (Å²) in [5.74, 6) is 0. The Morgan fingerprint density at radius 1 is 1.29 bits per heavy atom. The highest BCUT2D eigenvalue weighted by Gasteiger charge is 2.30. The Kier molecular flexibility index (Phi) is 3.64. The highest BCUT2D eigenvalue weighted by Crippen LogP contribution is 2.21. The number of hydrogen-bond donors (Lipinski definition) is 2. The van der Waals surface area contributed by atoms with Crippen LogP contribution in [0.2, 0.25) is 0 Å². The normalized spacial score (nSPS) is 24.6. The Morgan fingerprint density at radius 3 is 2.65 bits per heavy atom. The Hall–Kier alpha value is -1.55. The number of amides is 1. The Morgan fingerprint density at radius 2 is 2.00 bits per heavy atom. The lowest BCUT2D eigenvalue weighted by atomic mass is 9.95. The van der Waals surface area contributed by atoms with Crippen LogP contribution in [0.3, 0.4) is 0 Å². The molecule has 17 heavy (non-hydrogen) atoms. The van der Waals surface area contributed by atoms with Crippen molar-refractivity contribution in [2.45, 2.75) is 31.4 Å². The van der Waals surface area contributed by atoms with Gasteiger partial charge in [-0.25, -0.2) is 4.79 Å². The maximum absolute atomic E-state index is 11.1. The van der Waals surface area contributed by atoms with Gasteiger partial charge in [-0.1, -0.05) is 30.3 Å². The number of piperidine rings is 1. The van der Waals surface area contributed by atoms with Gasteiger partial charge in [-0.05, 0) is 24.8 Å². The van der Waals surface area contributed by atoms with E-state index in [0.29, 0.717) is 6.42 Å². The number of carbonyl (C=O) groups is 1. The molecule has 1 heterocycles. The largest absolute Gasteiger partial charge is 0.465 e. The molecule has 1 aliphatic heterocycles. The Labute approximate surface area is 100 Å². The van der Waals surface area contributed by atoms with Crippen molar-refractivity contribution < 1.29 is 15.0 Å². The van der Waals surface area contributed by atoms with Crippen molar-refractivity contribution in [1.29, 1.82) is 0 Å². The number of aliphatic hydroxyl groups is 1. The monoisotopic (exact) mass is 235 g/mol. The van der Waals surface area contributed by atoms with Gasteiger partial charge in [0.25, 0.3) is 0 Å².